The van der Waals surface area contributed by atoms with Gasteiger partial charge in [-0.3, -0.25) is 14.4 Å². The molecule has 0 saturated carbocycles. The van der Waals surface area contributed by atoms with Crippen molar-refractivity contribution in [3.63, 3.8) is 0 Å². The summed E-state index contributed by atoms with van der Waals surface area (Å²) in [6.45, 7) is 6.60. The molecule has 0 radical (unpaired) electrons. The molecule has 0 aromatic carbocycles. The maximum absolute atomic E-state index is 12.9. The molecule has 6 nitrogen and oxygen atoms in total. The maximum Gasteiger partial charge on any atom is 0.306 e. The first-order chi connectivity index (χ1) is 39.5. The van der Waals surface area contributed by atoms with Gasteiger partial charge in [-0.25, -0.2) is 0 Å². The van der Waals surface area contributed by atoms with Gasteiger partial charge in [-0.2, -0.15) is 0 Å². The van der Waals surface area contributed by atoms with Gasteiger partial charge in [-0.05, 0) is 64.2 Å². The lowest BCUT2D eigenvalue weighted by Crippen LogP contribution is -2.30. The van der Waals surface area contributed by atoms with Gasteiger partial charge in [0, 0.05) is 19.3 Å². The van der Waals surface area contributed by atoms with E-state index in [2.05, 4.69) is 81.5 Å². The first-order valence-corrected chi connectivity index (χ1v) is 35.3. The number of hydrogen-bond donors (Lipinski definition) is 0. The van der Waals surface area contributed by atoms with Crippen molar-refractivity contribution < 1.29 is 28.6 Å². The van der Waals surface area contributed by atoms with E-state index in [1.54, 1.807) is 0 Å². The van der Waals surface area contributed by atoms with E-state index in [0.29, 0.717) is 19.3 Å². The second-order valence-corrected chi connectivity index (χ2v) is 23.8. The molecule has 0 aromatic heterocycles. The van der Waals surface area contributed by atoms with Crippen LogP contribution in [0.15, 0.2) is 60.8 Å². The molecule has 0 aliphatic rings. The van der Waals surface area contributed by atoms with Gasteiger partial charge in [0.05, 0.1) is 0 Å². The van der Waals surface area contributed by atoms with Gasteiger partial charge in [-0.15, -0.1) is 0 Å². The molecule has 0 saturated heterocycles. The second kappa shape index (κ2) is 68.6. The van der Waals surface area contributed by atoms with E-state index in [9.17, 15) is 14.4 Å². The fraction of sp³-hybridized carbons (Fsp3) is 0.824. The van der Waals surface area contributed by atoms with E-state index in [-0.39, 0.29) is 31.1 Å². The zero-order valence-corrected chi connectivity index (χ0v) is 53.6. The molecule has 0 aromatic rings. The Kier molecular flexibility index (Phi) is 66.1. The standard InChI is InChI=1S/C74H134O6/c1-4-7-10-13-16-19-22-25-28-30-32-33-34-35-36-37-38-39-40-41-42-44-46-49-52-55-58-61-64-67-73(76)79-70-71(69-78-72(75)66-63-60-57-54-51-48-45-27-24-21-18-15-12-9-6-3)80-74(77)68-65-62-59-56-53-50-47-43-31-29-26-23-20-17-14-11-8-5-2/h7,10,16,19,25,28,32-33,35-36,71H,4-6,8-9,11-15,17-18,20-24,26-27,29-31,34,37-70H2,1-3H3/b10-7-,19-16-,28-25-,33-32-,36-35-. The first-order valence-electron chi connectivity index (χ1n) is 35.3. The SMILES string of the molecule is CC/C=C\C/C=C\C/C=C\C/C=C\C/C=C\CCCCCCCCCCCCCCCC(=O)OCC(COC(=O)CCCCCCCCCCCCCCCCC)OC(=O)CCCCCCCCCCCCCCCCCCCC. The molecule has 0 fully saturated rings. The molecule has 0 aliphatic carbocycles. The minimum absolute atomic E-state index is 0.0673. The number of carbonyl (C=O) groups excluding carboxylic acids is 3. The molecule has 0 amide bonds. The van der Waals surface area contributed by atoms with Crippen LogP contribution in [0.3, 0.4) is 0 Å². The van der Waals surface area contributed by atoms with E-state index in [1.807, 2.05) is 0 Å². The monoisotopic (exact) mass is 1120 g/mol. The quantitative estimate of drug-likeness (QED) is 0.0261. The number of rotatable bonds is 65. The number of ether oxygens (including phenoxy) is 3. The van der Waals surface area contributed by atoms with E-state index < -0.39 is 6.10 Å². The average Bonchev–Trinajstić information content (AvgIpc) is 3.46. The van der Waals surface area contributed by atoms with Crippen LogP contribution in [0.2, 0.25) is 0 Å². The Bertz CT molecular complexity index is 1430. The van der Waals surface area contributed by atoms with Crippen LogP contribution in [-0.4, -0.2) is 37.2 Å². The van der Waals surface area contributed by atoms with Crippen molar-refractivity contribution in [3.05, 3.63) is 60.8 Å². The van der Waals surface area contributed by atoms with E-state index in [1.165, 1.54) is 244 Å². The average molecular weight is 1120 g/mol. The van der Waals surface area contributed by atoms with E-state index >= 15 is 0 Å². The highest BCUT2D eigenvalue weighted by atomic mass is 16.6. The third kappa shape index (κ3) is 65.9. The lowest BCUT2D eigenvalue weighted by Gasteiger charge is -2.18. The first kappa shape index (κ1) is 77.1. The summed E-state index contributed by atoms with van der Waals surface area (Å²) in [6.07, 6.45) is 88.1. The van der Waals surface area contributed by atoms with Crippen LogP contribution < -0.4 is 0 Å². The Hall–Kier alpha value is -2.89. The predicted octanol–water partition coefficient (Wildman–Crippen LogP) is 24.3. The molecule has 6 heteroatoms. The third-order valence-electron chi connectivity index (χ3n) is 15.8. The van der Waals surface area contributed by atoms with Crippen molar-refractivity contribution in [3.8, 4) is 0 Å². The van der Waals surface area contributed by atoms with Crippen molar-refractivity contribution in [2.75, 3.05) is 13.2 Å². The second-order valence-electron chi connectivity index (χ2n) is 23.8. The maximum atomic E-state index is 12.9. The van der Waals surface area contributed by atoms with Crippen LogP contribution in [0.4, 0.5) is 0 Å². The lowest BCUT2D eigenvalue weighted by molar-refractivity contribution is -0.167. The molecule has 0 N–H and O–H groups in total. The van der Waals surface area contributed by atoms with Crippen molar-refractivity contribution in [2.45, 2.75) is 380 Å². The predicted molar refractivity (Wildman–Crippen MR) is 348 cm³/mol. The van der Waals surface area contributed by atoms with Crippen molar-refractivity contribution in [1.29, 1.82) is 0 Å². The summed E-state index contributed by atoms with van der Waals surface area (Å²) in [7, 11) is 0. The topological polar surface area (TPSA) is 78.9 Å². The normalized spacial score (nSPS) is 12.4. The molecule has 1 atom stereocenters. The van der Waals surface area contributed by atoms with Crippen LogP contribution in [0.1, 0.15) is 374 Å². The number of hydrogen-bond acceptors (Lipinski definition) is 6. The van der Waals surface area contributed by atoms with E-state index in [4.69, 9.17) is 14.2 Å². The van der Waals surface area contributed by atoms with Crippen LogP contribution in [0, 0.1) is 0 Å². The van der Waals surface area contributed by atoms with Crippen molar-refractivity contribution in [1.82, 2.24) is 0 Å². The number of unbranched alkanes of at least 4 members (excludes halogenated alkanes) is 44. The van der Waals surface area contributed by atoms with Crippen molar-refractivity contribution in [2.24, 2.45) is 0 Å². The van der Waals surface area contributed by atoms with Gasteiger partial charge in [-0.1, -0.05) is 351 Å². The van der Waals surface area contributed by atoms with Gasteiger partial charge in [0.1, 0.15) is 13.2 Å². The smallest absolute Gasteiger partial charge is 0.306 e. The van der Waals surface area contributed by atoms with Crippen LogP contribution in [0.25, 0.3) is 0 Å². The number of esters is 3. The Balaban J connectivity index is 4.24. The Labute approximate surface area is 498 Å². The van der Waals surface area contributed by atoms with Gasteiger partial charge >= 0.3 is 17.9 Å². The molecule has 0 aliphatic heterocycles. The molecule has 0 heterocycles. The minimum Gasteiger partial charge on any atom is -0.462 e. The Morgan fingerprint density at radius 1 is 0.263 bits per heavy atom. The largest absolute Gasteiger partial charge is 0.462 e. The summed E-state index contributed by atoms with van der Waals surface area (Å²) in [4.78, 5) is 38.4. The minimum atomic E-state index is -0.771. The summed E-state index contributed by atoms with van der Waals surface area (Å²) in [6, 6.07) is 0. The molecule has 0 spiro atoms. The molecule has 1 unspecified atom stereocenters. The highest BCUT2D eigenvalue weighted by Gasteiger charge is 2.19. The molecule has 0 bridgehead atoms. The molecular formula is C74H134O6. The highest BCUT2D eigenvalue weighted by molar-refractivity contribution is 5.71. The lowest BCUT2D eigenvalue weighted by atomic mass is 10.0. The molecule has 0 rings (SSSR count). The zero-order chi connectivity index (χ0) is 57.8. The van der Waals surface area contributed by atoms with E-state index in [0.717, 1.165) is 89.9 Å². The fourth-order valence-electron chi connectivity index (χ4n) is 10.5. The Morgan fingerprint density at radius 3 is 0.762 bits per heavy atom. The van der Waals surface area contributed by atoms with Gasteiger partial charge < -0.3 is 14.2 Å². The summed E-state index contributed by atoms with van der Waals surface area (Å²) >= 11 is 0. The fourth-order valence-corrected chi connectivity index (χ4v) is 10.5. The molecular weight excluding hydrogens is 985 g/mol. The van der Waals surface area contributed by atoms with Crippen molar-refractivity contribution >= 4 is 17.9 Å². The summed E-state index contributed by atoms with van der Waals surface area (Å²) in [5, 5.41) is 0. The summed E-state index contributed by atoms with van der Waals surface area (Å²) < 4.78 is 17.0. The number of allylic oxidation sites excluding steroid dienone is 10. The van der Waals surface area contributed by atoms with Gasteiger partial charge in [0.2, 0.25) is 0 Å². The van der Waals surface area contributed by atoms with Gasteiger partial charge in [0.15, 0.2) is 6.10 Å². The summed E-state index contributed by atoms with van der Waals surface area (Å²) in [5.74, 6) is -0.840. The zero-order valence-electron chi connectivity index (χ0n) is 53.6. The van der Waals surface area contributed by atoms with Crippen LogP contribution >= 0.6 is 0 Å². The molecule has 466 valence electrons. The Morgan fingerprint density at radius 2 is 0.487 bits per heavy atom. The number of carbonyl (C=O) groups is 3. The van der Waals surface area contributed by atoms with Crippen LogP contribution in [-0.2, 0) is 28.6 Å². The summed E-state index contributed by atoms with van der Waals surface area (Å²) in [5.41, 5.74) is 0. The van der Waals surface area contributed by atoms with Gasteiger partial charge in [0.25, 0.3) is 0 Å². The highest BCUT2D eigenvalue weighted by Crippen LogP contribution is 2.18. The third-order valence-corrected chi connectivity index (χ3v) is 15.8. The van der Waals surface area contributed by atoms with Crippen LogP contribution in [0.5, 0.6) is 0 Å². The molecule has 80 heavy (non-hydrogen) atoms.